The molecule has 6 nitrogen and oxygen atoms in total. The molecule has 0 saturated heterocycles. The molecule has 29 heavy (non-hydrogen) atoms. The number of fused-ring (bicyclic) bond motifs is 1. The highest BCUT2D eigenvalue weighted by Gasteiger charge is 2.21. The largest absolute Gasteiger partial charge is 0.467 e. The van der Waals surface area contributed by atoms with E-state index in [4.69, 9.17) is 16.0 Å². The zero-order valence-corrected chi connectivity index (χ0v) is 16.8. The molecule has 3 heterocycles. The second kappa shape index (κ2) is 8.01. The van der Waals surface area contributed by atoms with Crippen LogP contribution in [0.4, 0.5) is 0 Å². The topological polar surface area (TPSA) is 72.1 Å². The molecule has 146 valence electrons. The van der Waals surface area contributed by atoms with Crippen LogP contribution >= 0.6 is 11.6 Å². The van der Waals surface area contributed by atoms with Gasteiger partial charge in [-0.3, -0.25) is 9.78 Å². The van der Waals surface area contributed by atoms with Gasteiger partial charge in [0.2, 0.25) is 0 Å². The molecule has 0 aliphatic carbocycles. The van der Waals surface area contributed by atoms with Crippen molar-refractivity contribution in [3.63, 3.8) is 0 Å². The van der Waals surface area contributed by atoms with E-state index in [0.29, 0.717) is 10.9 Å². The fraction of sp³-hybridized carbons (Fsp3) is 0.182. The highest BCUT2D eigenvalue weighted by Crippen LogP contribution is 2.26. The molecular formula is C22H19ClN4O2. The molecule has 0 spiro atoms. The average molecular weight is 407 g/mol. The quantitative estimate of drug-likeness (QED) is 0.448. The van der Waals surface area contributed by atoms with Crippen LogP contribution in [0.3, 0.4) is 0 Å². The van der Waals surface area contributed by atoms with E-state index in [1.807, 2.05) is 26.0 Å². The molecule has 0 unspecified atom stereocenters. The van der Waals surface area contributed by atoms with Crippen molar-refractivity contribution in [1.82, 2.24) is 19.9 Å². The maximum Gasteiger partial charge on any atom is 0.274 e. The number of carbonyl (C=O) groups is 1. The number of hydrogen-bond acceptors (Lipinski definition) is 5. The molecule has 3 aromatic heterocycles. The lowest BCUT2D eigenvalue weighted by Gasteiger charge is -2.22. The Morgan fingerprint density at radius 2 is 2.03 bits per heavy atom. The maximum absolute atomic E-state index is 13.1. The first-order valence-electron chi connectivity index (χ1n) is 9.15. The van der Waals surface area contributed by atoms with Crippen LogP contribution in [-0.2, 0) is 13.1 Å². The predicted octanol–water partition coefficient (Wildman–Crippen LogP) is 4.73. The van der Waals surface area contributed by atoms with Gasteiger partial charge in [0.15, 0.2) is 0 Å². The van der Waals surface area contributed by atoms with Crippen molar-refractivity contribution in [2.75, 3.05) is 0 Å². The van der Waals surface area contributed by atoms with Gasteiger partial charge >= 0.3 is 0 Å². The molecule has 0 radical (unpaired) electrons. The molecule has 1 aromatic carbocycles. The number of hydrogen-bond donors (Lipinski definition) is 0. The number of pyridine rings is 1. The molecule has 0 aliphatic rings. The van der Waals surface area contributed by atoms with Crippen molar-refractivity contribution >= 4 is 28.4 Å². The van der Waals surface area contributed by atoms with Gasteiger partial charge in [0, 0.05) is 29.9 Å². The van der Waals surface area contributed by atoms with E-state index in [-0.39, 0.29) is 24.7 Å². The summed E-state index contributed by atoms with van der Waals surface area (Å²) in [5.41, 5.74) is 4.09. The molecular weight excluding hydrogens is 388 g/mol. The summed E-state index contributed by atoms with van der Waals surface area (Å²) in [6, 6.07) is 9.74. The Bertz CT molecular complexity index is 1160. The van der Waals surface area contributed by atoms with E-state index in [1.54, 1.807) is 17.2 Å². The van der Waals surface area contributed by atoms with Crippen LogP contribution in [0.25, 0.3) is 10.9 Å². The molecule has 0 aliphatic heterocycles. The summed E-state index contributed by atoms with van der Waals surface area (Å²) in [6.07, 6.45) is 6.05. The number of aromatic nitrogens is 3. The van der Waals surface area contributed by atoms with Gasteiger partial charge in [-0.05, 0) is 43.7 Å². The number of furan rings is 1. The SMILES string of the molecule is Cc1cc(C)c2nc(Cl)c(CN(Cc3ccco3)C(=O)c3cnccn3)cc2c1. The second-order valence-electron chi connectivity index (χ2n) is 6.92. The van der Waals surface area contributed by atoms with Crippen LogP contribution in [0, 0.1) is 13.8 Å². The van der Waals surface area contributed by atoms with Crippen LogP contribution in [0.2, 0.25) is 5.15 Å². The Balaban J connectivity index is 1.72. The van der Waals surface area contributed by atoms with Gasteiger partial charge in [0.1, 0.15) is 16.6 Å². The summed E-state index contributed by atoms with van der Waals surface area (Å²) in [5, 5.41) is 1.37. The number of benzene rings is 1. The first-order chi connectivity index (χ1) is 14.0. The predicted molar refractivity (Wildman–Crippen MR) is 111 cm³/mol. The van der Waals surface area contributed by atoms with E-state index in [2.05, 4.69) is 27.1 Å². The Morgan fingerprint density at radius 3 is 2.76 bits per heavy atom. The Kier molecular flexibility index (Phi) is 5.27. The molecule has 4 rings (SSSR count). The summed E-state index contributed by atoms with van der Waals surface area (Å²) >= 11 is 6.49. The third-order valence-electron chi connectivity index (χ3n) is 4.64. The van der Waals surface area contributed by atoms with E-state index >= 15 is 0 Å². The molecule has 4 aromatic rings. The van der Waals surface area contributed by atoms with Crippen molar-refractivity contribution in [2.45, 2.75) is 26.9 Å². The Hall–Kier alpha value is -3.25. The Morgan fingerprint density at radius 1 is 1.17 bits per heavy atom. The van der Waals surface area contributed by atoms with E-state index < -0.39 is 0 Å². The Labute approximate surface area is 173 Å². The number of aryl methyl sites for hydroxylation is 2. The summed E-state index contributed by atoms with van der Waals surface area (Å²) in [6.45, 7) is 4.61. The number of rotatable bonds is 5. The van der Waals surface area contributed by atoms with Crippen molar-refractivity contribution in [1.29, 1.82) is 0 Å². The molecule has 0 saturated carbocycles. The minimum atomic E-state index is -0.258. The first kappa shape index (κ1) is 19.1. The fourth-order valence-electron chi connectivity index (χ4n) is 3.35. The maximum atomic E-state index is 13.1. The van der Waals surface area contributed by atoms with Crippen LogP contribution < -0.4 is 0 Å². The lowest BCUT2D eigenvalue weighted by molar-refractivity contribution is 0.0711. The van der Waals surface area contributed by atoms with Crippen LogP contribution in [0.5, 0.6) is 0 Å². The third-order valence-corrected chi connectivity index (χ3v) is 4.96. The average Bonchev–Trinajstić information content (AvgIpc) is 3.22. The molecule has 0 fully saturated rings. The van der Waals surface area contributed by atoms with Gasteiger partial charge in [0.05, 0.1) is 24.5 Å². The van der Waals surface area contributed by atoms with E-state index in [0.717, 1.165) is 27.6 Å². The highest BCUT2D eigenvalue weighted by molar-refractivity contribution is 6.30. The monoisotopic (exact) mass is 406 g/mol. The van der Waals surface area contributed by atoms with Crippen molar-refractivity contribution in [2.24, 2.45) is 0 Å². The number of nitrogens with zero attached hydrogens (tertiary/aromatic N) is 4. The smallest absolute Gasteiger partial charge is 0.274 e. The van der Waals surface area contributed by atoms with Gasteiger partial charge in [-0.15, -0.1) is 0 Å². The second-order valence-corrected chi connectivity index (χ2v) is 7.28. The number of carbonyl (C=O) groups excluding carboxylic acids is 1. The normalized spacial score (nSPS) is 11.0. The van der Waals surface area contributed by atoms with Crippen molar-refractivity contribution in [3.05, 3.63) is 88.5 Å². The van der Waals surface area contributed by atoms with Crippen molar-refractivity contribution in [3.8, 4) is 0 Å². The zero-order chi connectivity index (χ0) is 20.4. The van der Waals surface area contributed by atoms with E-state index in [1.165, 1.54) is 18.6 Å². The van der Waals surface area contributed by atoms with Crippen LogP contribution in [-0.4, -0.2) is 25.8 Å². The summed E-state index contributed by atoms with van der Waals surface area (Å²) in [5.74, 6) is 0.407. The lowest BCUT2D eigenvalue weighted by atomic mass is 10.1. The summed E-state index contributed by atoms with van der Waals surface area (Å²) in [4.78, 5) is 27.4. The minimum absolute atomic E-state index is 0.258. The standard InChI is InChI=1S/C22H19ClN4O2/c1-14-8-15(2)20-16(9-14)10-17(21(23)26-20)12-27(13-18-4-3-7-29-18)22(28)19-11-24-5-6-25-19/h3-11H,12-13H2,1-2H3. The fourth-order valence-corrected chi connectivity index (χ4v) is 3.55. The van der Waals surface area contributed by atoms with Gasteiger partial charge in [-0.2, -0.15) is 0 Å². The first-order valence-corrected chi connectivity index (χ1v) is 9.53. The zero-order valence-electron chi connectivity index (χ0n) is 16.1. The van der Waals surface area contributed by atoms with Crippen LogP contribution in [0.15, 0.2) is 59.6 Å². The highest BCUT2D eigenvalue weighted by atomic mass is 35.5. The summed E-state index contributed by atoms with van der Waals surface area (Å²) < 4.78 is 5.44. The summed E-state index contributed by atoms with van der Waals surface area (Å²) in [7, 11) is 0. The molecule has 0 bridgehead atoms. The number of amides is 1. The number of halogens is 1. The molecule has 0 N–H and O–H groups in total. The molecule has 7 heteroatoms. The van der Waals surface area contributed by atoms with Gasteiger partial charge in [0.25, 0.3) is 5.91 Å². The lowest BCUT2D eigenvalue weighted by Crippen LogP contribution is -2.31. The third kappa shape index (κ3) is 4.12. The van der Waals surface area contributed by atoms with E-state index in [9.17, 15) is 4.79 Å². The van der Waals surface area contributed by atoms with Gasteiger partial charge < -0.3 is 9.32 Å². The van der Waals surface area contributed by atoms with Crippen LogP contribution in [0.1, 0.15) is 32.9 Å². The minimum Gasteiger partial charge on any atom is -0.467 e. The van der Waals surface area contributed by atoms with Gasteiger partial charge in [-0.1, -0.05) is 23.2 Å². The molecule has 1 amide bonds. The molecule has 0 atom stereocenters. The van der Waals surface area contributed by atoms with Gasteiger partial charge in [-0.25, -0.2) is 9.97 Å². The van der Waals surface area contributed by atoms with Crippen molar-refractivity contribution < 1.29 is 9.21 Å².